The molecule has 0 N–H and O–H groups in total. The van der Waals surface area contributed by atoms with E-state index in [9.17, 15) is 9.59 Å². The molecule has 0 aliphatic heterocycles. The van der Waals surface area contributed by atoms with E-state index in [1.165, 1.54) is 6.92 Å². The van der Waals surface area contributed by atoms with Gasteiger partial charge in [-0.15, -0.1) is 0 Å². The van der Waals surface area contributed by atoms with Gasteiger partial charge < -0.3 is 4.52 Å². The van der Waals surface area contributed by atoms with E-state index in [0.29, 0.717) is 4.74 Å². The summed E-state index contributed by atoms with van der Waals surface area (Å²) in [4.78, 5) is 21.3. The second-order valence-electron chi connectivity index (χ2n) is 1.81. The van der Waals surface area contributed by atoms with Crippen molar-refractivity contribution < 1.29 is 9.32 Å². The molecule has 0 saturated carbocycles. The first kappa shape index (κ1) is 8.36. The Bertz CT molecular complexity index is 351. The van der Waals surface area contributed by atoms with Gasteiger partial charge in [0.15, 0.2) is 5.76 Å². The minimum atomic E-state index is -1.01. The summed E-state index contributed by atoms with van der Waals surface area (Å²) in [7, 11) is 0. The van der Waals surface area contributed by atoms with Crippen molar-refractivity contribution >= 4 is 28.6 Å². The summed E-state index contributed by atoms with van der Waals surface area (Å²) >= 11 is 10.4. The van der Waals surface area contributed by atoms with Crippen molar-refractivity contribution in [2.24, 2.45) is 0 Å². The van der Waals surface area contributed by atoms with Crippen LogP contribution < -0.4 is 5.56 Å². The highest BCUT2D eigenvalue weighted by Crippen LogP contribution is 2.09. The molecule has 0 saturated heterocycles. The number of nitrogens with zero attached hydrogens (tertiary/aromatic N) is 1. The second kappa shape index (κ2) is 2.71. The molecule has 0 bridgehead atoms. The first-order chi connectivity index (χ1) is 5.04. The third-order valence-electron chi connectivity index (χ3n) is 1.07. The zero-order valence-corrected chi connectivity index (χ0v) is 6.94. The molecule has 0 aromatic carbocycles. The number of hydrogen-bond acceptors (Lipinski definition) is 3. The molecule has 4 nitrogen and oxygen atoms in total. The van der Waals surface area contributed by atoms with Gasteiger partial charge in [-0.05, 0) is 18.5 Å². The van der Waals surface area contributed by atoms with Crippen LogP contribution in [0.3, 0.4) is 0 Å². The molecule has 0 atom stereocenters. The Kier molecular flexibility index (Phi) is 2.06. The lowest BCUT2D eigenvalue weighted by Crippen LogP contribution is -2.17. The Morgan fingerprint density at radius 3 is 2.36 bits per heavy atom. The number of hydrogen-bond donors (Lipinski definition) is 0. The summed E-state index contributed by atoms with van der Waals surface area (Å²) in [5.41, 5.74) is -0.732. The van der Waals surface area contributed by atoms with Gasteiger partial charge in [0.1, 0.15) is 5.02 Å². The summed E-state index contributed by atoms with van der Waals surface area (Å²) in [6.07, 6.45) is 0. The Morgan fingerprint density at radius 1 is 1.64 bits per heavy atom. The van der Waals surface area contributed by atoms with Crippen LogP contribution in [0.4, 0.5) is 4.79 Å². The molecule has 11 heavy (non-hydrogen) atoms. The molecular weight excluding hydrogens is 193 g/mol. The minimum absolute atomic E-state index is 0.126. The van der Waals surface area contributed by atoms with Crippen LogP contribution in [0.1, 0.15) is 5.76 Å². The molecular formula is C5H3Cl2NO3. The fourth-order valence-electron chi connectivity index (χ4n) is 0.574. The molecule has 1 rings (SSSR count). The molecule has 0 spiro atoms. The van der Waals surface area contributed by atoms with Crippen LogP contribution in [-0.4, -0.2) is 10.1 Å². The number of halogens is 2. The van der Waals surface area contributed by atoms with E-state index < -0.39 is 10.9 Å². The zero-order valence-electron chi connectivity index (χ0n) is 5.43. The monoisotopic (exact) mass is 195 g/mol. The summed E-state index contributed by atoms with van der Waals surface area (Å²) in [6, 6.07) is 0. The van der Waals surface area contributed by atoms with Gasteiger partial charge >= 0.3 is 10.9 Å². The number of rotatable bonds is 0. The average Bonchev–Trinajstić information content (AvgIpc) is 2.17. The average molecular weight is 196 g/mol. The minimum Gasteiger partial charge on any atom is -0.371 e. The van der Waals surface area contributed by atoms with Gasteiger partial charge in [0.25, 0.3) is 0 Å². The Hall–Kier alpha value is -0.740. The fraction of sp³-hybridized carbons (Fsp3) is 0.200. The second-order valence-corrected chi connectivity index (χ2v) is 2.52. The van der Waals surface area contributed by atoms with Gasteiger partial charge in [-0.25, -0.2) is 0 Å². The van der Waals surface area contributed by atoms with Crippen molar-refractivity contribution in [3.63, 3.8) is 0 Å². The van der Waals surface area contributed by atoms with E-state index in [1.54, 1.807) is 0 Å². The molecule has 0 amide bonds. The highest BCUT2D eigenvalue weighted by atomic mass is 35.5. The van der Waals surface area contributed by atoms with Crippen LogP contribution in [0.25, 0.3) is 0 Å². The van der Waals surface area contributed by atoms with E-state index in [2.05, 4.69) is 4.52 Å². The molecule has 1 aromatic heterocycles. The van der Waals surface area contributed by atoms with Gasteiger partial charge in [-0.1, -0.05) is 16.3 Å². The predicted octanol–water partition coefficient (Wildman–Crippen LogP) is 1.61. The highest BCUT2D eigenvalue weighted by molar-refractivity contribution is 6.63. The third kappa shape index (κ3) is 1.32. The van der Waals surface area contributed by atoms with Gasteiger partial charge in [0.2, 0.25) is 0 Å². The SMILES string of the molecule is Cc1on(C(=O)Cl)c(=O)c1Cl. The maximum absolute atomic E-state index is 10.9. The Labute approximate surface area is 71.3 Å². The molecule has 1 heterocycles. The smallest absolute Gasteiger partial charge is 0.357 e. The molecule has 1 aromatic rings. The molecule has 0 radical (unpaired) electrons. The number of carbonyl (C=O) groups is 1. The van der Waals surface area contributed by atoms with Crippen molar-refractivity contribution in [2.45, 2.75) is 6.92 Å². The Morgan fingerprint density at radius 2 is 2.18 bits per heavy atom. The lowest BCUT2D eigenvalue weighted by Gasteiger charge is -1.85. The molecule has 0 unspecified atom stereocenters. The highest BCUT2D eigenvalue weighted by Gasteiger charge is 2.14. The maximum Gasteiger partial charge on any atom is 0.357 e. The molecule has 0 aliphatic carbocycles. The predicted molar refractivity (Wildman–Crippen MR) is 39.4 cm³/mol. The summed E-state index contributed by atoms with van der Waals surface area (Å²) < 4.78 is 4.99. The zero-order chi connectivity index (χ0) is 8.59. The fourth-order valence-corrected chi connectivity index (χ4v) is 0.796. The lowest BCUT2D eigenvalue weighted by atomic mass is 10.5. The lowest BCUT2D eigenvalue weighted by molar-refractivity contribution is 0.226. The van der Waals surface area contributed by atoms with Crippen LogP contribution >= 0.6 is 23.2 Å². The van der Waals surface area contributed by atoms with Crippen molar-refractivity contribution in [3.05, 3.63) is 21.1 Å². The standard InChI is InChI=1S/C5H3Cl2NO3/c1-2-3(6)4(9)8(11-2)5(7)10/h1H3. The quantitative estimate of drug-likeness (QED) is 0.592. The van der Waals surface area contributed by atoms with E-state index in [-0.39, 0.29) is 10.8 Å². The van der Waals surface area contributed by atoms with Crippen LogP contribution in [0.5, 0.6) is 0 Å². The summed E-state index contributed by atoms with van der Waals surface area (Å²) in [5.74, 6) is 0.172. The van der Waals surface area contributed by atoms with Gasteiger partial charge in [0, 0.05) is 0 Å². The van der Waals surface area contributed by atoms with Gasteiger partial charge in [-0.2, -0.15) is 0 Å². The van der Waals surface area contributed by atoms with Crippen molar-refractivity contribution in [3.8, 4) is 0 Å². The van der Waals surface area contributed by atoms with E-state index >= 15 is 0 Å². The van der Waals surface area contributed by atoms with Crippen molar-refractivity contribution in [1.82, 2.24) is 4.74 Å². The maximum atomic E-state index is 10.9. The van der Waals surface area contributed by atoms with Crippen LogP contribution in [0.2, 0.25) is 5.02 Å². The first-order valence-electron chi connectivity index (χ1n) is 2.62. The molecule has 0 aliphatic rings. The van der Waals surface area contributed by atoms with E-state index in [4.69, 9.17) is 23.2 Å². The van der Waals surface area contributed by atoms with E-state index in [0.717, 1.165) is 0 Å². The molecule has 0 fully saturated rings. The largest absolute Gasteiger partial charge is 0.371 e. The van der Waals surface area contributed by atoms with Gasteiger partial charge in [-0.3, -0.25) is 9.59 Å². The first-order valence-corrected chi connectivity index (χ1v) is 3.38. The topological polar surface area (TPSA) is 52.2 Å². The van der Waals surface area contributed by atoms with Crippen LogP contribution in [0, 0.1) is 6.92 Å². The summed E-state index contributed by atoms with van der Waals surface area (Å²) in [5, 5.41) is -1.14. The van der Waals surface area contributed by atoms with Crippen LogP contribution in [-0.2, 0) is 0 Å². The van der Waals surface area contributed by atoms with Gasteiger partial charge in [0.05, 0.1) is 0 Å². The normalized spacial score (nSPS) is 10.1. The number of aromatic nitrogens is 1. The van der Waals surface area contributed by atoms with Crippen LogP contribution in [0.15, 0.2) is 9.32 Å². The number of aryl methyl sites for hydroxylation is 1. The van der Waals surface area contributed by atoms with E-state index in [1.807, 2.05) is 0 Å². The van der Waals surface area contributed by atoms with Crippen molar-refractivity contribution in [1.29, 1.82) is 0 Å². The van der Waals surface area contributed by atoms with Crippen molar-refractivity contribution in [2.75, 3.05) is 0 Å². The molecule has 6 heteroatoms. The number of carbonyl (C=O) groups excluding carboxylic acids is 1. The Balaban J connectivity index is 3.42. The summed E-state index contributed by atoms with van der Waals surface area (Å²) in [6.45, 7) is 1.46. The third-order valence-corrected chi connectivity index (χ3v) is 1.65. The molecule has 60 valence electrons.